The van der Waals surface area contributed by atoms with E-state index in [0.717, 1.165) is 19.3 Å². The van der Waals surface area contributed by atoms with Crippen LogP contribution in [0.2, 0.25) is 0 Å². The zero-order valence-corrected chi connectivity index (χ0v) is 13.7. The third kappa shape index (κ3) is 4.33. The number of aryl methyl sites for hydroxylation is 2. The average Bonchev–Trinajstić information content (AvgIpc) is 2.63. The van der Waals surface area contributed by atoms with Crippen LogP contribution in [0.4, 0.5) is 0 Å². The quantitative estimate of drug-likeness (QED) is 0.594. The fraction of sp³-hybridized carbons (Fsp3) is 0.286. The summed E-state index contributed by atoms with van der Waals surface area (Å²) in [7, 11) is 0. The molecule has 0 spiro atoms. The topological polar surface area (TPSA) is 35.5 Å². The maximum absolute atomic E-state index is 12.0. The molecule has 3 rings (SSSR count). The van der Waals surface area contributed by atoms with E-state index in [-0.39, 0.29) is 12.1 Å². The van der Waals surface area contributed by atoms with Crippen molar-refractivity contribution in [2.24, 2.45) is 0 Å². The summed E-state index contributed by atoms with van der Waals surface area (Å²) < 4.78 is 11.3. The summed E-state index contributed by atoms with van der Waals surface area (Å²) in [5.74, 6) is -0.336. The van der Waals surface area contributed by atoms with Crippen molar-refractivity contribution in [1.82, 2.24) is 0 Å². The highest BCUT2D eigenvalue weighted by atomic mass is 16.7. The minimum absolute atomic E-state index is 0.271. The van der Waals surface area contributed by atoms with Crippen LogP contribution < -0.4 is 0 Å². The zero-order valence-electron chi connectivity index (χ0n) is 13.7. The van der Waals surface area contributed by atoms with E-state index < -0.39 is 6.29 Å². The van der Waals surface area contributed by atoms with Gasteiger partial charge in [-0.25, -0.2) is 4.79 Å². The number of hydrogen-bond donors (Lipinski definition) is 0. The molecule has 2 atom stereocenters. The highest BCUT2D eigenvalue weighted by molar-refractivity contribution is 5.89. The highest BCUT2D eigenvalue weighted by Crippen LogP contribution is 2.24. The molecule has 124 valence electrons. The Morgan fingerprint density at radius 1 is 0.833 bits per heavy atom. The molecule has 2 aromatic carbocycles. The molecule has 1 saturated heterocycles. The van der Waals surface area contributed by atoms with Gasteiger partial charge in [0, 0.05) is 6.42 Å². The molecule has 0 N–H and O–H groups in total. The number of carbonyl (C=O) groups excluding carboxylic acids is 1. The molecule has 1 aliphatic heterocycles. The van der Waals surface area contributed by atoms with Gasteiger partial charge in [0.25, 0.3) is 0 Å². The number of ether oxygens (including phenoxy) is 2. The average molecular weight is 322 g/mol. The summed E-state index contributed by atoms with van der Waals surface area (Å²) in [4.78, 5) is 12.0. The molecule has 0 bridgehead atoms. The van der Waals surface area contributed by atoms with Crippen LogP contribution in [0.3, 0.4) is 0 Å². The van der Waals surface area contributed by atoms with Gasteiger partial charge in [0.2, 0.25) is 6.29 Å². The molecule has 3 heteroatoms. The van der Waals surface area contributed by atoms with Crippen LogP contribution in [-0.2, 0) is 27.1 Å². The molecule has 0 aromatic heterocycles. The van der Waals surface area contributed by atoms with Crippen LogP contribution in [0.1, 0.15) is 24.0 Å². The Balaban J connectivity index is 1.56. The van der Waals surface area contributed by atoms with Crippen molar-refractivity contribution in [2.75, 3.05) is 0 Å². The zero-order chi connectivity index (χ0) is 16.8. The third-order valence-corrected chi connectivity index (χ3v) is 4.25. The van der Waals surface area contributed by atoms with E-state index in [1.165, 1.54) is 11.1 Å². The molecule has 24 heavy (non-hydrogen) atoms. The van der Waals surface area contributed by atoms with E-state index in [9.17, 15) is 4.79 Å². The van der Waals surface area contributed by atoms with Gasteiger partial charge in [-0.1, -0.05) is 67.2 Å². The van der Waals surface area contributed by atoms with Crippen LogP contribution in [0, 0.1) is 0 Å². The van der Waals surface area contributed by atoms with Crippen LogP contribution in [0.25, 0.3) is 0 Å². The predicted molar refractivity (Wildman–Crippen MR) is 93.4 cm³/mol. The van der Waals surface area contributed by atoms with Crippen molar-refractivity contribution in [2.45, 2.75) is 38.1 Å². The first-order chi connectivity index (χ1) is 11.7. The van der Waals surface area contributed by atoms with E-state index >= 15 is 0 Å². The Morgan fingerprint density at radius 3 is 1.96 bits per heavy atom. The van der Waals surface area contributed by atoms with E-state index in [1.54, 1.807) is 0 Å². The molecular formula is C21H22O3. The first-order valence-corrected chi connectivity index (χ1v) is 8.35. The van der Waals surface area contributed by atoms with E-state index in [2.05, 4.69) is 30.8 Å². The van der Waals surface area contributed by atoms with Gasteiger partial charge < -0.3 is 9.47 Å². The van der Waals surface area contributed by atoms with E-state index in [1.807, 2.05) is 36.4 Å². The lowest BCUT2D eigenvalue weighted by Crippen LogP contribution is -2.38. The van der Waals surface area contributed by atoms with Gasteiger partial charge in [-0.3, -0.25) is 0 Å². The molecule has 1 fully saturated rings. The second kappa shape index (κ2) is 7.93. The summed E-state index contributed by atoms with van der Waals surface area (Å²) in [5.41, 5.74) is 2.86. The largest absolute Gasteiger partial charge is 0.432 e. The summed E-state index contributed by atoms with van der Waals surface area (Å²) in [6.07, 6.45) is 2.29. The molecule has 1 aliphatic rings. The normalized spacial score (nSPS) is 20.7. The van der Waals surface area contributed by atoms with Crippen LogP contribution in [0.15, 0.2) is 72.8 Å². The van der Waals surface area contributed by atoms with E-state index in [0.29, 0.717) is 12.0 Å². The molecule has 0 saturated carbocycles. The molecule has 0 unspecified atom stereocenters. The monoisotopic (exact) mass is 322 g/mol. The maximum Gasteiger partial charge on any atom is 0.338 e. The van der Waals surface area contributed by atoms with Gasteiger partial charge in [0.1, 0.15) is 0 Å². The van der Waals surface area contributed by atoms with Crippen molar-refractivity contribution >= 4 is 5.97 Å². The molecule has 0 radical (unpaired) electrons. The van der Waals surface area contributed by atoms with Gasteiger partial charge >= 0.3 is 5.97 Å². The van der Waals surface area contributed by atoms with Crippen molar-refractivity contribution in [3.8, 4) is 0 Å². The smallest absolute Gasteiger partial charge is 0.338 e. The molecule has 1 heterocycles. The molecule has 0 aliphatic carbocycles. The van der Waals surface area contributed by atoms with Gasteiger partial charge in [0.15, 0.2) is 0 Å². The van der Waals surface area contributed by atoms with Gasteiger partial charge in [0.05, 0.1) is 11.7 Å². The first kappa shape index (κ1) is 16.5. The summed E-state index contributed by atoms with van der Waals surface area (Å²) in [6, 6.07) is 20.3. The van der Waals surface area contributed by atoms with Gasteiger partial charge in [-0.05, 0) is 30.4 Å². The number of benzene rings is 2. The van der Waals surface area contributed by atoms with Gasteiger partial charge in [-0.2, -0.15) is 0 Å². The number of cyclic esters (lactones) is 1. The van der Waals surface area contributed by atoms with Crippen molar-refractivity contribution in [3.05, 3.63) is 83.9 Å². The molecular weight excluding hydrogens is 300 g/mol. The SMILES string of the molecule is C=C1C(=O)O[C@H](CCc2ccccc2)O[C@@H]1CCc1ccccc1. The summed E-state index contributed by atoms with van der Waals surface area (Å²) >= 11 is 0. The minimum Gasteiger partial charge on any atom is -0.432 e. The molecule has 0 amide bonds. The summed E-state index contributed by atoms with van der Waals surface area (Å²) in [6.45, 7) is 3.84. The lowest BCUT2D eigenvalue weighted by atomic mass is 10.0. The van der Waals surface area contributed by atoms with Crippen molar-refractivity contribution in [3.63, 3.8) is 0 Å². The number of carbonyl (C=O) groups is 1. The van der Waals surface area contributed by atoms with Crippen LogP contribution in [-0.4, -0.2) is 18.4 Å². The fourth-order valence-corrected chi connectivity index (χ4v) is 2.86. The fourth-order valence-electron chi connectivity index (χ4n) is 2.86. The van der Waals surface area contributed by atoms with E-state index in [4.69, 9.17) is 9.47 Å². The predicted octanol–water partition coefficient (Wildman–Crippen LogP) is 4.08. The Morgan fingerprint density at radius 2 is 1.38 bits per heavy atom. The summed E-state index contributed by atoms with van der Waals surface area (Å²) in [5, 5.41) is 0. The molecule has 3 nitrogen and oxygen atoms in total. The second-order valence-electron chi connectivity index (χ2n) is 6.03. The minimum atomic E-state index is -0.496. The van der Waals surface area contributed by atoms with Crippen LogP contribution >= 0.6 is 0 Å². The third-order valence-electron chi connectivity index (χ3n) is 4.25. The Hall–Kier alpha value is -2.39. The Bertz CT molecular complexity index is 679. The maximum atomic E-state index is 12.0. The van der Waals surface area contributed by atoms with Gasteiger partial charge in [-0.15, -0.1) is 0 Å². The van der Waals surface area contributed by atoms with Crippen molar-refractivity contribution < 1.29 is 14.3 Å². The van der Waals surface area contributed by atoms with Crippen molar-refractivity contribution in [1.29, 1.82) is 0 Å². The Labute approximate surface area is 142 Å². The lowest BCUT2D eigenvalue weighted by Gasteiger charge is -2.31. The standard InChI is InChI=1S/C21H22O3/c1-16-19(14-12-17-8-4-2-5-9-17)23-20(24-21(16)22)15-13-18-10-6-3-7-11-18/h2-11,19-20H,1,12-15H2/t19-,20-/m1/s1. The highest BCUT2D eigenvalue weighted by Gasteiger charge is 2.32. The molecule has 2 aromatic rings. The second-order valence-corrected chi connectivity index (χ2v) is 6.03. The van der Waals surface area contributed by atoms with Crippen LogP contribution in [0.5, 0.6) is 0 Å². The Kier molecular flexibility index (Phi) is 5.44. The first-order valence-electron chi connectivity index (χ1n) is 8.35. The number of hydrogen-bond acceptors (Lipinski definition) is 3. The lowest BCUT2D eigenvalue weighted by molar-refractivity contribution is -0.202. The number of esters is 1. The number of rotatable bonds is 6.